The zero-order valence-corrected chi connectivity index (χ0v) is 12.7. The van der Waals surface area contributed by atoms with Crippen LogP contribution in [0.4, 0.5) is 0 Å². The summed E-state index contributed by atoms with van der Waals surface area (Å²) < 4.78 is 0. The summed E-state index contributed by atoms with van der Waals surface area (Å²) in [6.07, 6.45) is 10.4. The van der Waals surface area contributed by atoms with Gasteiger partial charge in [0.1, 0.15) is 5.75 Å². The molecule has 1 N–H and O–H groups in total. The van der Waals surface area contributed by atoms with Crippen LogP contribution in [0.2, 0.25) is 0 Å². The fourth-order valence-corrected chi connectivity index (χ4v) is 2.78. The van der Waals surface area contributed by atoms with Gasteiger partial charge in [-0.2, -0.15) is 0 Å². The van der Waals surface area contributed by atoms with E-state index in [1.807, 2.05) is 12.1 Å². The number of phenols is 1. The zero-order valence-electron chi connectivity index (χ0n) is 11.1. The van der Waals surface area contributed by atoms with E-state index in [2.05, 4.69) is 6.92 Å². The number of hydrogen-bond donors (Lipinski definition) is 1. The van der Waals surface area contributed by atoms with E-state index in [9.17, 15) is 5.11 Å². The highest BCUT2D eigenvalue weighted by Gasteiger charge is 2.02. The molecule has 0 spiro atoms. The van der Waals surface area contributed by atoms with Crippen LogP contribution >= 0.6 is 21.7 Å². The van der Waals surface area contributed by atoms with Crippen molar-refractivity contribution in [3.05, 3.63) is 23.8 Å². The van der Waals surface area contributed by atoms with Crippen molar-refractivity contribution in [2.45, 2.75) is 63.2 Å². The first-order chi connectivity index (χ1) is 8.77. The number of unbranched alkanes of at least 4 members (excludes halogenated alkanes) is 6. The van der Waals surface area contributed by atoms with Gasteiger partial charge in [-0.3, -0.25) is 0 Å². The standard InChI is InChI=1S/C15H23ClOS/c1-2-3-4-5-6-7-8-9-13-10-11-14(17)15(12-13)18-16/h10-12,17H,2-9H2,1H3. The second-order valence-corrected chi connectivity index (χ2v) is 5.81. The fourth-order valence-electron chi connectivity index (χ4n) is 2.06. The molecule has 0 aliphatic heterocycles. The Hall–Kier alpha value is -0.340. The molecule has 18 heavy (non-hydrogen) atoms. The van der Waals surface area contributed by atoms with Crippen LogP contribution in [0.15, 0.2) is 23.1 Å². The number of phenolic OH excluding ortho intramolecular Hbond substituents is 1. The van der Waals surface area contributed by atoms with Crippen LogP contribution in [0.25, 0.3) is 0 Å². The highest BCUT2D eigenvalue weighted by Crippen LogP contribution is 2.32. The Morgan fingerprint density at radius 2 is 1.72 bits per heavy atom. The third-order valence-corrected chi connectivity index (χ3v) is 4.17. The van der Waals surface area contributed by atoms with Crippen LogP contribution in [0.5, 0.6) is 5.75 Å². The minimum Gasteiger partial charge on any atom is -0.507 e. The molecule has 1 aromatic carbocycles. The van der Waals surface area contributed by atoms with Gasteiger partial charge in [-0.1, -0.05) is 51.5 Å². The molecule has 0 heterocycles. The van der Waals surface area contributed by atoms with Crippen molar-refractivity contribution in [3.63, 3.8) is 0 Å². The molecule has 0 atom stereocenters. The quantitative estimate of drug-likeness (QED) is 0.568. The molecule has 0 radical (unpaired) electrons. The molecule has 1 rings (SSSR count). The predicted molar refractivity (Wildman–Crippen MR) is 81.5 cm³/mol. The summed E-state index contributed by atoms with van der Waals surface area (Å²) in [5.74, 6) is 0.276. The van der Waals surface area contributed by atoms with Crippen LogP contribution in [0.1, 0.15) is 57.4 Å². The Balaban J connectivity index is 2.19. The molecule has 102 valence electrons. The monoisotopic (exact) mass is 286 g/mol. The van der Waals surface area contributed by atoms with Gasteiger partial charge in [-0.05, 0) is 52.2 Å². The SMILES string of the molecule is CCCCCCCCCc1ccc(O)c(SCl)c1. The summed E-state index contributed by atoms with van der Waals surface area (Å²) in [6, 6.07) is 5.72. The van der Waals surface area contributed by atoms with Crippen LogP contribution < -0.4 is 0 Å². The van der Waals surface area contributed by atoms with E-state index in [0.29, 0.717) is 0 Å². The molecule has 3 heteroatoms. The molecule has 0 bridgehead atoms. The second-order valence-electron chi connectivity index (χ2n) is 4.75. The van der Waals surface area contributed by atoms with Gasteiger partial charge in [0.15, 0.2) is 0 Å². The van der Waals surface area contributed by atoms with Crippen molar-refractivity contribution >= 4 is 21.7 Å². The zero-order chi connectivity index (χ0) is 13.2. The number of halogens is 1. The molecule has 0 saturated carbocycles. The smallest absolute Gasteiger partial charge is 0.130 e. The molecule has 0 fully saturated rings. The van der Waals surface area contributed by atoms with Gasteiger partial charge >= 0.3 is 0 Å². The highest BCUT2D eigenvalue weighted by molar-refractivity contribution is 8.21. The third kappa shape index (κ3) is 6.01. The summed E-state index contributed by atoms with van der Waals surface area (Å²) in [4.78, 5) is 0.761. The lowest BCUT2D eigenvalue weighted by Gasteiger charge is -2.05. The summed E-state index contributed by atoms with van der Waals surface area (Å²) >= 11 is 0. The lowest BCUT2D eigenvalue weighted by molar-refractivity contribution is 0.462. The topological polar surface area (TPSA) is 20.2 Å². The predicted octanol–water partition coefficient (Wildman–Crippen LogP) is 5.93. The van der Waals surface area contributed by atoms with Gasteiger partial charge in [-0.15, -0.1) is 0 Å². The number of aryl methyl sites for hydroxylation is 1. The average Bonchev–Trinajstić information content (AvgIpc) is 2.39. The van der Waals surface area contributed by atoms with E-state index < -0.39 is 0 Å². The summed E-state index contributed by atoms with van der Waals surface area (Å²) in [5.41, 5.74) is 1.27. The second kappa shape index (κ2) is 9.57. The molecule has 0 aliphatic carbocycles. The van der Waals surface area contributed by atoms with E-state index >= 15 is 0 Å². The Morgan fingerprint density at radius 1 is 1.06 bits per heavy atom. The third-order valence-electron chi connectivity index (χ3n) is 3.18. The van der Waals surface area contributed by atoms with Crippen molar-refractivity contribution in [2.24, 2.45) is 0 Å². The molecule has 0 aromatic heterocycles. The maximum Gasteiger partial charge on any atom is 0.130 e. The molecule has 0 aliphatic rings. The van der Waals surface area contributed by atoms with Gasteiger partial charge in [0, 0.05) is 0 Å². The van der Waals surface area contributed by atoms with Gasteiger partial charge in [0.25, 0.3) is 0 Å². The summed E-state index contributed by atoms with van der Waals surface area (Å²) in [6.45, 7) is 2.25. The fraction of sp³-hybridized carbons (Fsp3) is 0.600. The molecule has 0 unspecified atom stereocenters. The Kier molecular flexibility index (Phi) is 8.36. The Morgan fingerprint density at radius 3 is 2.39 bits per heavy atom. The lowest BCUT2D eigenvalue weighted by Crippen LogP contribution is -1.87. The van der Waals surface area contributed by atoms with Gasteiger partial charge in [-0.25, -0.2) is 0 Å². The molecular weight excluding hydrogens is 264 g/mol. The molecule has 0 saturated heterocycles. The first-order valence-electron chi connectivity index (χ1n) is 6.88. The van der Waals surface area contributed by atoms with Crippen molar-refractivity contribution in [1.82, 2.24) is 0 Å². The van der Waals surface area contributed by atoms with Crippen molar-refractivity contribution in [2.75, 3.05) is 0 Å². The number of benzene rings is 1. The molecule has 0 amide bonds. The lowest BCUT2D eigenvalue weighted by atomic mass is 10.0. The van der Waals surface area contributed by atoms with Crippen molar-refractivity contribution in [3.8, 4) is 5.75 Å². The Labute approximate surface area is 119 Å². The van der Waals surface area contributed by atoms with Crippen molar-refractivity contribution in [1.29, 1.82) is 0 Å². The van der Waals surface area contributed by atoms with E-state index in [-0.39, 0.29) is 5.75 Å². The molecule has 1 aromatic rings. The molecule has 1 nitrogen and oxygen atoms in total. The van der Waals surface area contributed by atoms with Gasteiger partial charge in [0.05, 0.1) is 4.90 Å². The highest BCUT2D eigenvalue weighted by atomic mass is 35.7. The van der Waals surface area contributed by atoms with Crippen molar-refractivity contribution < 1.29 is 5.11 Å². The van der Waals surface area contributed by atoms with Gasteiger partial charge < -0.3 is 5.11 Å². The maximum atomic E-state index is 9.52. The first kappa shape index (κ1) is 15.7. The average molecular weight is 287 g/mol. The van der Waals surface area contributed by atoms with Crippen LogP contribution in [0, 0.1) is 0 Å². The number of rotatable bonds is 9. The van der Waals surface area contributed by atoms with E-state index in [1.165, 1.54) is 50.5 Å². The number of hydrogen-bond acceptors (Lipinski definition) is 2. The van der Waals surface area contributed by atoms with E-state index in [0.717, 1.165) is 22.3 Å². The summed E-state index contributed by atoms with van der Waals surface area (Å²) in [7, 11) is 6.78. The summed E-state index contributed by atoms with van der Waals surface area (Å²) in [5, 5.41) is 9.52. The number of aromatic hydroxyl groups is 1. The van der Waals surface area contributed by atoms with E-state index in [4.69, 9.17) is 10.7 Å². The first-order valence-corrected chi connectivity index (χ1v) is 8.52. The van der Waals surface area contributed by atoms with Crippen LogP contribution in [-0.4, -0.2) is 5.11 Å². The minimum atomic E-state index is 0.276. The minimum absolute atomic E-state index is 0.276. The van der Waals surface area contributed by atoms with Crippen LogP contribution in [-0.2, 0) is 6.42 Å². The van der Waals surface area contributed by atoms with Crippen LogP contribution in [0.3, 0.4) is 0 Å². The normalized spacial score (nSPS) is 10.8. The Bertz CT molecular complexity index is 341. The van der Waals surface area contributed by atoms with Gasteiger partial charge in [0.2, 0.25) is 0 Å². The largest absolute Gasteiger partial charge is 0.507 e. The molecular formula is C15H23ClOS. The van der Waals surface area contributed by atoms with E-state index in [1.54, 1.807) is 6.07 Å². The maximum absolute atomic E-state index is 9.52.